The first kappa shape index (κ1) is 20.7. The normalized spacial score (nSPS) is 29.7. The van der Waals surface area contributed by atoms with E-state index in [0.717, 1.165) is 12.8 Å². The van der Waals surface area contributed by atoms with Crippen molar-refractivity contribution in [3.05, 3.63) is 0 Å². The molecular formula is C8H20N2O8S3. The summed E-state index contributed by atoms with van der Waals surface area (Å²) in [5, 5.41) is 0. The Morgan fingerprint density at radius 3 is 1.10 bits per heavy atom. The van der Waals surface area contributed by atoms with Gasteiger partial charge >= 0.3 is 0 Å². The number of rotatable bonds is 0. The summed E-state index contributed by atoms with van der Waals surface area (Å²) in [6.07, 6.45) is 1.50. The van der Waals surface area contributed by atoms with Crippen LogP contribution in [0.4, 0.5) is 0 Å². The van der Waals surface area contributed by atoms with Crippen molar-refractivity contribution in [1.29, 1.82) is 0 Å². The van der Waals surface area contributed by atoms with Crippen molar-refractivity contribution in [2.45, 2.75) is 24.9 Å². The van der Waals surface area contributed by atoms with Crippen LogP contribution in [0, 0.1) is 0 Å². The second-order valence-electron chi connectivity index (χ2n) is 4.95. The number of hydrogen-bond acceptors (Lipinski definition) is 8. The summed E-state index contributed by atoms with van der Waals surface area (Å²) in [6, 6.07) is 0.306. The van der Waals surface area contributed by atoms with Crippen LogP contribution in [-0.2, 0) is 30.1 Å². The highest BCUT2D eigenvalue weighted by molar-refractivity contribution is 7.91. The molecule has 0 saturated carbocycles. The first-order valence-corrected chi connectivity index (χ1v) is 10.9. The zero-order chi connectivity index (χ0) is 16.9. The minimum atomic E-state index is -5.17. The maximum Gasteiger partial charge on any atom is 0.156 e. The van der Waals surface area contributed by atoms with Gasteiger partial charge < -0.3 is 20.6 Å². The first-order chi connectivity index (χ1) is 9.20. The maximum absolute atomic E-state index is 10.6. The highest BCUT2D eigenvalue weighted by Crippen LogP contribution is 2.07. The van der Waals surface area contributed by atoms with Crippen molar-refractivity contribution >= 4 is 30.1 Å². The van der Waals surface area contributed by atoms with Crippen LogP contribution in [-0.4, -0.2) is 69.5 Å². The zero-order valence-electron chi connectivity index (χ0n) is 11.3. The van der Waals surface area contributed by atoms with Gasteiger partial charge in [0.25, 0.3) is 0 Å². The number of quaternary nitrogens is 2. The van der Waals surface area contributed by atoms with Gasteiger partial charge in [-0.05, 0) is 0 Å². The van der Waals surface area contributed by atoms with Gasteiger partial charge in [0.15, 0.2) is 19.7 Å². The molecule has 6 N–H and O–H groups in total. The molecule has 2 aliphatic heterocycles. The fourth-order valence-electron chi connectivity index (χ4n) is 1.74. The highest BCUT2D eigenvalue weighted by atomic mass is 32.3. The van der Waals surface area contributed by atoms with Gasteiger partial charge in [0.2, 0.25) is 0 Å². The van der Waals surface area contributed by atoms with Gasteiger partial charge in [0.05, 0.1) is 23.6 Å². The molecule has 2 heterocycles. The van der Waals surface area contributed by atoms with Crippen LogP contribution in [0.3, 0.4) is 0 Å². The average molecular weight is 368 g/mol. The van der Waals surface area contributed by atoms with Gasteiger partial charge in [-0.3, -0.25) is 8.42 Å². The van der Waals surface area contributed by atoms with Crippen LogP contribution < -0.4 is 11.5 Å². The summed E-state index contributed by atoms with van der Waals surface area (Å²) in [5.74, 6) is 1.29. The Kier molecular flexibility index (Phi) is 7.69. The Balaban J connectivity index is 0.000000296. The molecule has 128 valence electrons. The van der Waals surface area contributed by atoms with Gasteiger partial charge in [-0.2, -0.15) is 0 Å². The monoisotopic (exact) mass is 368 g/mol. The Hall–Kier alpha value is -0.310. The van der Waals surface area contributed by atoms with E-state index in [1.165, 1.54) is 0 Å². The second kappa shape index (κ2) is 7.80. The molecule has 13 heteroatoms. The molecule has 0 aromatic rings. The highest BCUT2D eigenvalue weighted by Gasteiger charge is 2.27. The molecule has 0 aromatic heterocycles. The topological polar surface area (TPSA) is 204 Å². The Labute approximate surface area is 124 Å². The third-order valence-electron chi connectivity index (χ3n) is 2.65. The van der Waals surface area contributed by atoms with Crippen molar-refractivity contribution in [2.24, 2.45) is 0 Å². The third kappa shape index (κ3) is 13.1. The molecule has 10 nitrogen and oxygen atoms in total. The average Bonchev–Trinajstić information content (AvgIpc) is 2.67. The van der Waals surface area contributed by atoms with E-state index in [-0.39, 0.29) is 12.1 Å². The van der Waals surface area contributed by atoms with Gasteiger partial charge in [-0.15, -0.1) is 0 Å². The minimum Gasteiger partial charge on any atom is -0.759 e. The van der Waals surface area contributed by atoms with Crippen LogP contribution >= 0.6 is 0 Å². The Morgan fingerprint density at radius 2 is 1.05 bits per heavy atom. The molecule has 2 rings (SSSR count). The molecule has 2 atom stereocenters. The predicted octanol–water partition coefficient (Wildman–Crippen LogP) is -4.51. The molecular weight excluding hydrogens is 348 g/mol. The van der Waals surface area contributed by atoms with Crippen LogP contribution in [0.25, 0.3) is 0 Å². The molecule has 0 radical (unpaired) electrons. The third-order valence-corrected chi connectivity index (χ3v) is 6.33. The molecule has 0 spiro atoms. The second-order valence-corrected chi connectivity index (χ2v) is 10.2. The van der Waals surface area contributed by atoms with Crippen molar-refractivity contribution < 1.29 is 45.8 Å². The minimum absolute atomic E-state index is 0.153. The van der Waals surface area contributed by atoms with Gasteiger partial charge in [-0.25, -0.2) is 16.8 Å². The van der Waals surface area contributed by atoms with Crippen molar-refractivity contribution in [1.82, 2.24) is 0 Å². The van der Waals surface area contributed by atoms with E-state index in [0.29, 0.717) is 23.0 Å². The van der Waals surface area contributed by atoms with Crippen molar-refractivity contribution in [3.8, 4) is 0 Å². The summed E-state index contributed by atoms with van der Waals surface area (Å²) in [6.45, 7) is 0. The lowest BCUT2D eigenvalue weighted by molar-refractivity contribution is -0.411. The first-order valence-electron chi connectivity index (χ1n) is 5.94. The van der Waals surface area contributed by atoms with E-state index >= 15 is 0 Å². The molecule has 0 amide bonds. The molecule has 0 bridgehead atoms. The van der Waals surface area contributed by atoms with Gasteiger partial charge in [0, 0.05) is 23.2 Å². The summed E-state index contributed by atoms with van der Waals surface area (Å²) in [7, 11) is -10.5. The summed E-state index contributed by atoms with van der Waals surface area (Å²) in [5.41, 5.74) is 7.31. The molecule has 2 saturated heterocycles. The maximum atomic E-state index is 10.6. The predicted molar refractivity (Wildman–Crippen MR) is 70.4 cm³/mol. The van der Waals surface area contributed by atoms with Crippen LogP contribution in [0.2, 0.25) is 0 Å². The quantitative estimate of drug-likeness (QED) is 0.314. The fourth-order valence-corrected chi connectivity index (χ4v) is 5.23. The van der Waals surface area contributed by atoms with Crippen LogP contribution in [0.15, 0.2) is 0 Å². The molecule has 2 unspecified atom stereocenters. The van der Waals surface area contributed by atoms with E-state index < -0.39 is 30.1 Å². The Morgan fingerprint density at radius 1 is 0.810 bits per heavy atom. The molecule has 21 heavy (non-hydrogen) atoms. The zero-order valence-corrected chi connectivity index (χ0v) is 13.8. The molecule has 2 aliphatic rings. The lowest BCUT2D eigenvalue weighted by Crippen LogP contribution is -2.61. The Bertz CT molecular complexity index is 574. The van der Waals surface area contributed by atoms with Crippen molar-refractivity contribution in [2.75, 3.05) is 23.0 Å². The van der Waals surface area contributed by atoms with E-state index in [9.17, 15) is 16.8 Å². The largest absolute Gasteiger partial charge is 0.759 e. The van der Waals surface area contributed by atoms with Crippen molar-refractivity contribution in [3.63, 3.8) is 0 Å². The van der Waals surface area contributed by atoms with Crippen LogP contribution in [0.1, 0.15) is 12.8 Å². The molecule has 0 aromatic carbocycles. The smallest absolute Gasteiger partial charge is 0.156 e. The van der Waals surface area contributed by atoms with E-state index in [4.69, 9.17) is 17.5 Å². The lowest BCUT2D eigenvalue weighted by Gasteiger charge is -2.06. The fraction of sp³-hybridized carbons (Fsp3) is 1.00. The molecule has 2 fully saturated rings. The van der Waals surface area contributed by atoms with Crippen LogP contribution in [0.5, 0.6) is 0 Å². The number of hydrogen-bond donors (Lipinski definition) is 2. The number of sulfone groups is 2. The summed E-state index contributed by atoms with van der Waals surface area (Å²) in [4.78, 5) is 0. The standard InChI is InChI=1S/2C4H9NO2S.H2O4S/c2*5-4-1-2-8(6,7)3-4;1-5(2,3)4/h2*4H,1-3,5H2;(H2,1,2,3,4). The molecule has 0 aliphatic carbocycles. The summed E-state index contributed by atoms with van der Waals surface area (Å²) >= 11 is 0. The summed E-state index contributed by atoms with van der Waals surface area (Å²) < 4.78 is 76.5. The van der Waals surface area contributed by atoms with E-state index in [2.05, 4.69) is 11.5 Å². The SMILES string of the molecule is O=S(=O)([O-])[O-].[NH3+]C1CCS(=O)(=O)C1.[NH3+]C1CCS(=O)(=O)C1. The van der Waals surface area contributed by atoms with Gasteiger partial charge in [0.1, 0.15) is 11.5 Å². The van der Waals surface area contributed by atoms with Gasteiger partial charge in [-0.1, -0.05) is 0 Å². The van der Waals surface area contributed by atoms with E-state index in [1.54, 1.807) is 0 Å². The van der Waals surface area contributed by atoms with E-state index in [1.807, 2.05) is 0 Å². The lowest BCUT2D eigenvalue weighted by atomic mass is 10.3.